The molecule has 0 saturated heterocycles. The van der Waals surface area contributed by atoms with Gasteiger partial charge in [0.1, 0.15) is 12.1 Å². The molecule has 0 saturated carbocycles. The number of methoxy groups -OCH3 is 1. The Labute approximate surface area is 86.9 Å². The average molecular weight is 214 g/mol. The molecule has 15 heavy (non-hydrogen) atoms. The lowest BCUT2D eigenvalue weighted by molar-refractivity contribution is -0.108. The van der Waals surface area contributed by atoms with Gasteiger partial charge in [-0.25, -0.2) is 8.78 Å². The van der Waals surface area contributed by atoms with E-state index in [1.807, 2.05) is 0 Å². The molecule has 0 aliphatic heterocycles. The van der Waals surface area contributed by atoms with Gasteiger partial charge >= 0.3 is 0 Å². The molecular formula is C11H12F2O2. The maximum Gasteiger partial charge on any atom is 0.171 e. The van der Waals surface area contributed by atoms with Crippen LogP contribution in [0.5, 0.6) is 5.75 Å². The second kappa shape index (κ2) is 4.87. The number of ether oxygens (including phenoxy) is 1. The monoisotopic (exact) mass is 214 g/mol. The van der Waals surface area contributed by atoms with Crippen LogP contribution in [0.1, 0.15) is 24.8 Å². The van der Waals surface area contributed by atoms with Gasteiger partial charge in [0, 0.05) is 12.0 Å². The molecule has 0 amide bonds. The fourth-order valence-corrected chi connectivity index (χ4v) is 1.42. The molecule has 0 aromatic heterocycles. The zero-order chi connectivity index (χ0) is 11.4. The number of rotatable bonds is 4. The Balaban J connectivity index is 3.19. The number of carbonyl (C=O) groups excluding carboxylic acids is 1. The zero-order valence-corrected chi connectivity index (χ0v) is 8.59. The van der Waals surface area contributed by atoms with Crippen LogP contribution in [0, 0.1) is 11.6 Å². The van der Waals surface area contributed by atoms with Crippen molar-refractivity contribution in [2.75, 3.05) is 7.11 Å². The molecule has 2 nitrogen and oxygen atoms in total. The number of hydrogen-bond donors (Lipinski definition) is 0. The second-order valence-electron chi connectivity index (χ2n) is 3.28. The molecule has 1 unspecified atom stereocenters. The van der Waals surface area contributed by atoms with Gasteiger partial charge in [0.2, 0.25) is 0 Å². The molecular weight excluding hydrogens is 202 g/mol. The van der Waals surface area contributed by atoms with Gasteiger partial charge in [-0.05, 0) is 18.1 Å². The Morgan fingerprint density at radius 3 is 2.67 bits per heavy atom. The van der Waals surface area contributed by atoms with Crippen molar-refractivity contribution >= 4 is 6.29 Å². The van der Waals surface area contributed by atoms with E-state index < -0.39 is 17.6 Å². The van der Waals surface area contributed by atoms with Crippen LogP contribution in [0.15, 0.2) is 12.1 Å². The first-order valence-corrected chi connectivity index (χ1v) is 4.57. The Morgan fingerprint density at radius 2 is 2.13 bits per heavy atom. The van der Waals surface area contributed by atoms with Gasteiger partial charge in [0.25, 0.3) is 0 Å². The molecule has 0 spiro atoms. The molecule has 0 bridgehead atoms. The minimum absolute atomic E-state index is 0.0100. The summed E-state index contributed by atoms with van der Waals surface area (Å²) in [6, 6.07) is 2.36. The highest BCUT2D eigenvalue weighted by Gasteiger charge is 2.19. The number of aldehydes is 1. The van der Waals surface area contributed by atoms with Gasteiger partial charge in [-0.15, -0.1) is 0 Å². The van der Waals surface area contributed by atoms with Crippen LogP contribution in [0.3, 0.4) is 0 Å². The molecule has 82 valence electrons. The van der Waals surface area contributed by atoms with Crippen LogP contribution in [-0.2, 0) is 4.79 Å². The molecule has 1 rings (SSSR count). The molecule has 1 atom stereocenters. The predicted octanol–water partition coefficient (Wildman–Crippen LogP) is 2.67. The van der Waals surface area contributed by atoms with Crippen molar-refractivity contribution in [3.05, 3.63) is 29.3 Å². The van der Waals surface area contributed by atoms with E-state index in [9.17, 15) is 13.6 Å². The van der Waals surface area contributed by atoms with Gasteiger partial charge in [0.05, 0.1) is 7.11 Å². The third kappa shape index (κ3) is 2.32. The summed E-state index contributed by atoms with van der Waals surface area (Å²) in [6.45, 7) is 1.59. The van der Waals surface area contributed by atoms with E-state index in [4.69, 9.17) is 4.74 Å². The lowest BCUT2D eigenvalue weighted by Crippen LogP contribution is -2.04. The van der Waals surface area contributed by atoms with Crippen LogP contribution >= 0.6 is 0 Å². The Kier molecular flexibility index (Phi) is 3.77. The molecule has 0 heterocycles. The highest BCUT2D eigenvalue weighted by atomic mass is 19.1. The predicted molar refractivity (Wildman–Crippen MR) is 52.0 cm³/mol. The van der Waals surface area contributed by atoms with Crippen LogP contribution in [0.4, 0.5) is 8.78 Å². The fraction of sp³-hybridized carbons (Fsp3) is 0.364. The fourth-order valence-electron chi connectivity index (χ4n) is 1.42. The van der Waals surface area contributed by atoms with E-state index in [0.717, 1.165) is 6.07 Å². The van der Waals surface area contributed by atoms with E-state index >= 15 is 0 Å². The lowest BCUT2D eigenvalue weighted by Gasteiger charge is -2.13. The van der Waals surface area contributed by atoms with Crippen LogP contribution in [0.2, 0.25) is 0 Å². The van der Waals surface area contributed by atoms with Crippen molar-refractivity contribution < 1.29 is 18.3 Å². The van der Waals surface area contributed by atoms with E-state index in [1.165, 1.54) is 13.2 Å². The van der Waals surface area contributed by atoms with Crippen LogP contribution < -0.4 is 4.74 Å². The molecule has 1 aromatic rings. The van der Waals surface area contributed by atoms with E-state index in [0.29, 0.717) is 6.29 Å². The minimum Gasteiger partial charge on any atom is -0.494 e. The van der Waals surface area contributed by atoms with Crippen molar-refractivity contribution in [3.63, 3.8) is 0 Å². The first-order chi connectivity index (χ1) is 7.11. The summed E-state index contributed by atoms with van der Waals surface area (Å²) in [7, 11) is 1.31. The summed E-state index contributed by atoms with van der Waals surface area (Å²) in [5.74, 6) is -1.88. The van der Waals surface area contributed by atoms with Crippen molar-refractivity contribution in [2.45, 2.75) is 19.3 Å². The maximum atomic E-state index is 13.6. The molecule has 0 aliphatic carbocycles. The van der Waals surface area contributed by atoms with Crippen LogP contribution in [0.25, 0.3) is 0 Å². The lowest BCUT2D eigenvalue weighted by atomic mass is 9.97. The Morgan fingerprint density at radius 1 is 1.47 bits per heavy atom. The molecule has 0 N–H and O–H groups in total. The van der Waals surface area contributed by atoms with Crippen LogP contribution in [-0.4, -0.2) is 13.4 Å². The molecule has 4 heteroatoms. The normalized spacial score (nSPS) is 12.3. The zero-order valence-electron chi connectivity index (χ0n) is 8.59. The highest BCUT2D eigenvalue weighted by molar-refractivity contribution is 5.52. The molecule has 1 aromatic carbocycles. The Bertz CT molecular complexity index is 364. The quantitative estimate of drug-likeness (QED) is 0.720. The van der Waals surface area contributed by atoms with E-state index in [-0.39, 0.29) is 17.7 Å². The number of hydrogen-bond acceptors (Lipinski definition) is 2. The van der Waals surface area contributed by atoms with Crippen molar-refractivity contribution in [2.24, 2.45) is 0 Å². The maximum absolute atomic E-state index is 13.6. The minimum atomic E-state index is -0.730. The standard InChI is InChI=1S/C11H12F2O2/c1-7(5-6-14)10-8(12)3-4-9(15-2)11(10)13/h3-4,6-7H,5H2,1-2H3. The summed E-state index contributed by atoms with van der Waals surface area (Å²) in [5.41, 5.74) is -0.0959. The van der Waals surface area contributed by atoms with E-state index in [1.54, 1.807) is 6.92 Å². The SMILES string of the molecule is COc1ccc(F)c(C(C)CC=O)c1F. The number of halogens is 2. The Hall–Kier alpha value is -1.45. The first kappa shape index (κ1) is 11.6. The van der Waals surface area contributed by atoms with E-state index in [2.05, 4.69) is 0 Å². The summed E-state index contributed by atoms with van der Waals surface area (Å²) < 4.78 is 31.7. The van der Waals surface area contributed by atoms with Gasteiger partial charge in [-0.2, -0.15) is 0 Å². The topological polar surface area (TPSA) is 26.3 Å². The highest BCUT2D eigenvalue weighted by Crippen LogP contribution is 2.29. The summed E-state index contributed by atoms with van der Waals surface area (Å²) in [4.78, 5) is 10.3. The van der Waals surface area contributed by atoms with Gasteiger partial charge < -0.3 is 9.53 Å². The summed E-state index contributed by atoms with van der Waals surface area (Å²) >= 11 is 0. The summed E-state index contributed by atoms with van der Waals surface area (Å²) in [6.07, 6.45) is 0.726. The van der Waals surface area contributed by atoms with Crippen molar-refractivity contribution in [1.29, 1.82) is 0 Å². The van der Waals surface area contributed by atoms with Gasteiger partial charge in [0.15, 0.2) is 11.6 Å². The third-order valence-electron chi connectivity index (χ3n) is 2.25. The van der Waals surface area contributed by atoms with Crippen molar-refractivity contribution in [1.82, 2.24) is 0 Å². The number of carbonyl (C=O) groups is 1. The largest absolute Gasteiger partial charge is 0.494 e. The smallest absolute Gasteiger partial charge is 0.171 e. The molecule has 0 radical (unpaired) electrons. The van der Waals surface area contributed by atoms with Crippen molar-refractivity contribution in [3.8, 4) is 5.75 Å². The van der Waals surface area contributed by atoms with Gasteiger partial charge in [-0.1, -0.05) is 6.92 Å². The summed E-state index contributed by atoms with van der Waals surface area (Å²) in [5, 5.41) is 0. The first-order valence-electron chi connectivity index (χ1n) is 4.57. The van der Waals surface area contributed by atoms with Gasteiger partial charge in [-0.3, -0.25) is 0 Å². The molecule has 0 aliphatic rings. The number of benzene rings is 1. The third-order valence-corrected chi connectivity index (χ3v) is 2.25. The average Bonchev–Trinajstić information content (AvgIpc) is 2.18. The molecule has 0 fully saturated rings. The second-order valence-corrected chi connectivity index (χ2v) is 3.28.